The number of aromatic nitrogens is 2. The molecule has 7 heteroatoms. The molecule has 2 aliphatic heterocycles. The van der Waals surface area contributed by atoms with Crippen LogP contribution in [-0.2, 0) is 0 Å². The van der Waals surface area contributed by atoms with Gasteiger partial charge in [0.25, 0.3) is 11.8 Å². The van der Waals surface area contributed by atoms with Crippen molar-refractivity contribution < 1.29 is 9.59 Å². The van der Waals surface area contributed by atoms with Crippen molar-refractivity contribution >= 4 is 11.8 Å². The molecule has 2 saturated heterocycles. The van der Waals surface area contributed by atoms with Gasteiger partial charge in [0.05, 0.1) is 5.69 Å². The lowest BCUT2D eigenvalue weighted by Crippen LogP contribution is -2.34. The van der Waals surface area contributed by atoms with Crippen LogP contribution in [0, 0.1) is 25.7 Å². The first-order valence-electron chi connectivity index (χ1n) is 12.7. The van der Waals surface area contributed by atoms with E-state index in [0.29, 0.717) is 17.5 Å². The molecule has 2 amide bonds. The third-order valence-corrected chi connectivity index (χ3v) is 7.77. The molecule has 0 radical (unpaired) electrons. The third-order valence-electron chi connectivity index (χ3n) is 7.77. The quantitative estimate of drug-likeness (QED) is 0.556. The minimum atomic E-state index is -0.552. The Hall–Kier alpha value is -3.58. The molecule has 0 bridgehead atoms. The van der Waals surface area contributed by atoms with Crippen LogP contribution >= 0.6 is 0 Å². The van der Waals surface area contributed by atoms with Crippen LogP contribution in [0.25, 0.3) is 0 Å². The van der Waals surface area contributed by atoms with E-state index in [2.05, 4.69) is 27.0 Å². The summed E-state index contributed by atoms with van der Waals surface area (Å²) in [6.45, 7) is 8.49. The Bertz CT molecular complexity index is 1230. The molecule has 3 aromatic rings. The number of amides is 2. The van der Waals surface area contributed by atoms with Crippen molar-refractivity contribution in [1.29, 1.82) is 0 Å². The van der Waals surface area contributed by atoms with E-state index in [-0.39, 0.29) is 17.5 Å². The van der Waals surface area contributed by atoms with Gasteiger partial charge < -0.3 is 15.5 Å². The monoisotopic (exact) mass is 483 g/mol. The van der Waals surface area contributed by atoms with Crippen LogP contribution < -0.4 is 5.73 Å². The molecule has 3 atom stereocenters. The van der Waals surface area contributed by atoms with E-state index in [9.17, 15) is 9.59 Å². The molecular formula is C29H33N5O2. The molecule has 2 N–H and O–H groups in total. The molecule has 5 rings (SSSR count). The molecule has 7 nitrogen and oxygen atoms in total. The van der Waals surface area contributed by atoms with Gasteiger partial charge in [-0.3, -0.25) is 14.6 Å². The molecule has 1 aromatic heterocycles. The van der Waals surface area contributed by atoms with Gasteiger partial charge in [0.1, 0.15) is 5.69 Å². The Morgan fingerprint density at radius 3 is 2.19 bits per heavy atom. The average molecular weight is 484 g/mol. The lowest BCUT2D eigenvalue weighted by Gasteiger charge is -2.25. The smallest absolute Gasteiger partial charge is 0.269 e. The Labute approximate surface area is 212 Å². The van der Waals surface area contributed by atoms with E-state index in [1.54, 1.807) is 6.20 Å². The second-order valence-corrected chi connectivity index (χ2v) is 10.2. The van der Waals surface area contributed by atoms with Crippen LogP contribution in [0.15, 0.2) is 60.9 Å². The standard InChI is InChI=1S/C29H33N5O2/c1-19-7-6-8-20(2)25(19)29(36)34-17-22-15-33(16-23(22)18-34)14-11-24(21-9-4-3-5-10-21)26-27(28(30)35)32-13-12-31-26/h3-10,12-13,22-24H,11,14-18H2,1-2H3,(H2,30,35)/t22?,23?,24-/m0/s1. The summed E-state index contributed by atoms with van der Waals surface area (Å²) in [5.41, 5.74) is 10.6. The predicted octanol–water partition coefficient (Wildman–Crippen LogP) is 3.42. The summed E-state index contributed by atoms with van der Waals surface area (Å²) >= 11 is 0. The van der Waals surface area contributed by atoms with Gasteiger partial charge in [0.2, 0.25) is 0 Å². The molecule has 2 fully saturated rings. The number of fused-ring (bicyclic) bond motifs is 1. The van der Waals surface area contributed by atoms with Crippen molar-refractivity contribution in [2.45, 2.75) is 26.2 Å². The largest absolute Gasteiger partial charge is 0.364 e. The van der Waals surface area contributed by atoms with Gasteiger partial charge in [-0.2, -0.15) is 0 Å². The number of rotatable bonds is 7. The Balaban J connectivity index is 1.25. The first-order valence-corrected chi connectivity index (χ1v) is 12.7. The summed E-state index contributed by atoms with van der Waals surface area (Å²) < 4.78 is 0. The van der Waals surface area contributed by atoms with Gasteiger partial charge in [-0.05, 0) is 55.3 Å². The fraction of sp³-hybridized carbons (Fsp3) is 0.379. The summed E-state index contributed by atoms with van der Waals surface area (Å²) in [6.07, 6.45) is 3.95. The van der Waals surface area contributed by atoms with Crippen molar-refractivity contribution in [3.63, 3.8) is 0 Å². The number of carbonyl (C=O) groups excluding carboxylic acids is 2. The van der Waals surface area contributed by atoms with E-state index >= 15 is 0 Å². The highest BCUT2D eigenvalue weighted by Gasteiger charge is 2.42. The Morgan fingerprint density at radius 2 is 1.56 bits per heavy atom. The predicted molar refractivity (Wildman–Crippen MR) is 139 cm³/mol. The second kappa shape index (κ2) is 10.2. The van der Waals surface area contributed by atoms with Crippen molar-refractivity contribution in [3.05, 3.63) is 94.6 Å². The summed E-state index contributed by atoms with van der Waals surface area (Å²) in [5, 5.41) is 0. The number of likely N-dealkylation sites (tertiary alicyclic amines) is 2. The van der Waals surface area contributed by atoms with E-state index in [1.165, 1.54) is 6.20 Å². The van der Waals surface area contributed by atoms with Gasteiger partial charge >= 0.3 is 0 Å². The van der Waals surface area contributed by atoms with E-state index in [1.807, 2.05) is 55.1 Å². The topological polar surface area (TPSA) is 92.4 Å². The number of nitrogens with two attached hydrogens (primary N) is 1. The van der Waals surface area contributed by atoms with E-state index in [0.717, 1.165) is 61.4 Å². The van der Waals surface area contributed by atoms with E-state index < -0.39 is 5.91 Å². The molecule has 2 aromatic carbocycles. The summed E-state index contributed by atoms with van der Waals surface area (Å²) in [6, 6.07) is 16.2. The highest BCUT2D eigenvalue weighted by molar-refractivity contribution is 5.97. The van der Waals surface area contributed by atoms with Crippen LogP contribution in [0.3, 0.4) is 0 Å². The Morgan fingerprint density at radius 1 is 0.917 bits per heavy atom. The molecule has 2 unspecified atom stereocenters. The lowest BCUT2D eigenvalue weighted by molar-refractivity contribution is 0.0772. The number of aryl methyl sites for hydroxylation is 2. The SMILES string of the molecule is Cc1cccc(C)c1C(=O)N1CC2CN(CC[C@@H](c3ccccc3)c3nccnc3C(N)=O)CC2C1. The van der Waals surface area contributed by atoms with Gasteiger partial charge in [-0.25, -0.2) is 4.98 Å². The first-order chi connectivity index (χ1) is 17.4. The number of carbonyl (C=O) groups is 2. The minimum Gasteiger partial charge on any atom is -0.364 e. The van der Waals surface area contributed by atoms with Crippen LogP contribution in [0.1, 0.15) is 55.6 Å². The molecule has 0 saturated carbocycles. The van der Waals surface area contributed by atoms with Crippen LogP contribution in [0.4, 0.5) is 0 Å². The maximum absolute atomic E-state index is 13.3. The lowest BCUT2D eigenvalue weighted by atomic mass is 9.90. The second-order valence-electron chi connectivity index (χ2n) is 10.2. The molecule has 36 heavy (non-hydrogen) atoms. The molecule has 0 aliphatic carbocycles. The van der Waals surface area contributed by atoms with Gasteiger partial charge in [-0.15, -0.1) is 0 Å². The number of benzene rings is 2. The van der Waals surface area contributed by atoms with Crippen molar-refractivity contribution in [2.24, 2.45) is 17.6 Å². The number of hydrogen-bond acceptors (Lipinski definition) is 5. The Kier molecular flexibility index (Phi) is 6.83. The zero-order valence-corrected chi connectivity index (χ0v) is 20.9. The van der Waals surface area contributed by atoms with Gasteiger partial charge in [-0.1, -0.05) is 48.5 Å². The molecule has 2 aliphatic rings. The highest BCUT2D eigenvalue weighted by atomic mass is 16.2. The normalized spacial score (nSPS) is 20.3. The molecular weight excluding hydrogens is 450 g/mol. The number of primary amides is 1. The molecule has 186 valence electrons. The van der Waals surface area contributed by atoms with Crippen LogP contribution in [0.2, 0.25) is 0 Å². The van der Waals surface area contributed by atoms with Crippen molar-refractivity contribution in [1.82, 2.24) is 19.8 Å². The average Bonchev–Trinajstić information content (AvgIpc) is 3.44. The first kappa shape index (κ1) is 24.1. The maximum atomic E-state index is 13.3. The number of hydrogen-bond donors (Lipinski definition) is 1. The fourth-order valence-electron chi connectivity index (χ4n) is 6.00. The maximum Gasteiger partial charge on any atom is 0.269 e. The van der Waals surface area contributed by atoms with Crippen LogP contribution in [0.5, 0.6) is 0 Å². The van der Waals surface area contributed by atoms with Crippen molar-refractivity contribution in [3.8, 4) is 0 Å². The molecule has 0 spiro atoms. The minimum absolute atomic E-state index is 0.0649. The fourth-order valence-corrected chi connectivity index (χ4v) is 6.00. The summed E-state index contributed by atoms with van der Waals surface area (Å²) in [5.74, 6) is 0.531. The summed E-state index contributed by atoms with van der Waals surface area (Å²) in [7, 11) is 0. The highest BCUT2D eigenvalue weighted by Crippen LogP contribution is 2.34. The zero-order valence-electron chi connectivity index (χ0n) is 20.9. The van der Waals surface area contributed by atoms with Gasteiger partial charge in [0.15, 0.2) is 0 Å². The van der Waals surface area contributed by atoms with E-state index in [4.69, 9.17) is 5.73 Å². The third kappa shape index (κ3) is 4.75. The van der Waals surface area contributed by atoms with Crippen LogP contribution in [-0.4, -0.2) is 64.3 Å². The summed E-state index contributed by atoms with van der Waals surface area (Å²) in [4.78, 5) is 38.6. The van der Waals surface area contributed by atoms with Gasteiger partial charge in [0, 0.05) is 50.1 Å². The number of nitrogens with zero attached hydrogens (tertiary/aromatic N) is 4. The van der Waals surface area contributed by atoms with Crippen molar-refractivity contribution in [2.75, 3.05) is 32.7 Å². The molecule has 3 heterocycles. The zero-order chi connectivity index (χ0) is 25.2.